The fourth-order valence-corrected chi connectivity index (χ4v) is 2.44. The van der Waals surface area contributed by atoms with Gasteiger partial charge < -0.3 is 26.2 Å². The van der Waals surface area contributed by atoms with Gasteiger partial charge in [0.25, 0.3) is 0 Å². The van der Waals surface area contributed by atoms with E-state index in [9.17, 15) is 14.4 Å². The first-order chi connectivity index (χ1) is 13.0. The maximum absolute atomic E-state index is 11.6. The van der Waals surface area contributed by atoms with Crippen molar-refractivity contribution in [3.05, 3.63) is 35.9 Å². The van der Waals surface area contributed by atoms with E-state index in [0.717, 1.165) is 31.2 Å². The number of primary amides is 1. The summed E-state index contributed by atoms with van der Waals surface area (Å²) in [6, 6.07) is 8.72. The van der Waals surface area contributed by atoms with Crippen molar-refractivity contribution in [2.45, 2.75) is 51.2 Å². The number of carboxylic acids is 1. The Morgan fingerprint density at radius 1 is 1.04 bits per heavy atom. The lowest BCUT2D eigenvalue weighted by Crippen LogP contribution is -2.38. The standard InChI is InChI=1S/C19H29N3O5/c20-17(23)11-10-16(18(24)25)21-12-6-1-2-7-13-22-19(26)27-14-15-8-4-3-5-9-15/h3-5,8-9,16,21H,1-2,6-7,10-14H2,(H2,20,23)(H,22,26)(H,24,25)/t16-/m0/s1. The van der Waals surface area contributed by atoms with Crippen molar-refractivity contribution in [2.24, 2.45) is 5.73 Å². The zero-order valence-corrected chi connectivity index (χ0v) is 15.5. The lowest BCUT2D eigenvalue weighted by atomic mass is 10.1. The van der Waals surface area contributed by atoms with E-state index in [0.29, 0.717) is 13.1 Å². The number of nitrogens with two attached hydrogens (primary N) is 1. The Balaban J connectivity index is 1.99. The van der Waals surface area contributed by atoms with Gasteiger partial charge in [0.1, 0.15) is 12.6 Å². The molecule has 0 unspecified atom stereocenters. The molecule has 0 aliphatic heterocycles. The maximum atomic E-state index is 11.6. The van der Waals surface area contributed by atoms with Gasteiger partial charge in [-0.3, -0.25) is 9.59 Å². The van der Waals surface area contributed by atoms with E-state index in [1.165, 1.54) is 0 Å². The van der Waals surface area contributed by atoms with E-state index in [2.05, 4.69) is 10.6 Å². The van der Waals surface area contributed by atoms with Crippen molar-refractivity contribution in [1.29, 1.82) is 0 Å². The predicted molar refractivity (Wildman–Crippen MR) is 101 cm³/mol. The molecule has 0 aliphatic carbocycles. The van der Waals surface area contributed by atoms with E-state index < -0.39 is 24.0 Å². The van der Waals surface area contributed by atoms with Crippen LogP contribution in [0.1, 0.15) is 44.1 Å². The van der Waals surface area contributed by atoms with E-state index in [1.54, 1.807) is 0 Å². The van der Waals surface area contributed by atoms with Gasteiger partial charge in [0.05, 0.1) is 0 Å². The number of unbranched alkanes of at least 4 members (excludes halogenated alkanes) is 3. The van der Waals surface area contributed by atoms with Crippen LogP contribution < -0.4 is 16.4 Å². The average Bonchev–Trinajstić information content (AvgIpc) is 2.64. The minimum Gasteiger partial charge on any atom is -0.480 e. The second-order valence-corrected chi connectivity index (χ2v) is 6.25. The zero-order valence-electron chi connectivity index (χ0n) is 15.5. The highest BCUT2D eigenvalue weighted by Crippen LogP contribution is 2.02. The Kier molecular flexibility index (Phi) is 11.3. The predicted octanol–water partition coefficient (Wildman–Crippen LogP) is 1.78. The second kappa shape index (κ2) is 13.6. The average molecular weight is 379 g/mol. The van der Waals surface area contributed by atoms with Crippen molar-refractivity contribution in [1.82, 2.24) is 10.6 Å². The minimum atomic E-state index is -0.977. The number of nitrogens with one attached hydrogen (secondary N) is 2. The number of alkyl carbamates (subject to hydrolysis) is 1. The van der Waals surface area contributed by atoms with Crippen LogP contribution in [0.3, 0.4) is 0 Å². The number of hydrogen-bond donors (Lipinski definition) is 4. The van der Waals surface area contributed by atoms with Gasteiger partial charge in [-0.25, -0.2) is 4.79 Å². The quantitative estimate of drug-likeness (QED) is 0.365. The molecule has 1 aromatic carbocycles. The third-order valence-electron chi connectivity index (χ3n) is 3.95. The highest BCUT2D eigenvalue weighted by Gasteiger charge is 2.16. The molecule has 1 atom stereocenters. The summed E-state index contributed by atoms with van der Waals surface area (Å²) < 4.78 is 5.11. The smallest absolute Gasteiger partial charge is 0.407 e. The van der Waals surface area contributed by atoms with Crippen LogP contribution in [0.5, 0.6) is 0 Å². The topological polar surface area (TPSA) is 131 Å². The monoisotopic (exact) mass is 379 g/mol. The number of carboxylic acid groups (broad SMARTS) is 1. The van der Waals surface area contributed by atoms with Crippen LogP contribution in [0.4, 0.5) is 4.79 Å². The Hall–Kier alpha value is -2.61. The summed E-state index contributed by atoms with van der Waals surface area (Å²) >= 11 is 0. The summed E-state index contributed by atoms with van der Waals surface area (Å²) in [5.74, 6) is -1.48. The third-order valence-corrected chi connectivity index (χ3v) is 3.95. The van der Waals surface area contributed by atoms with Gasteiger partial charge in [-0.1, -0.05) is 43.2 Å². The normalized spacial score (nSPS) is 11.6. The summed E-state index contributed by atoms with van der Waals surface area (Å²) in [4.78, 5) is 33.4. The molecule has 0 bridgehead atoms. The molecule has 0 saturated carbocycles. The van der Waals surface area contributed by atoms with E-state index in [4.69, 9.17) is 15.6 Å². The number of ether oxygens (including phenoxy) is 1. The SMILES string of the molecule is NC(=O)CC[C@H](NCCCCCCNC(=O)OCc1ccccc1)C(=O)O. The van der Waals surface area contributed by atoms with Crippen LogP contribution in [0.15, 0.2) is 30.3 Å². The molecule has 1 rings (SSSR count). The molecule has 0 fully saturated rings. The molecule has 8 nitrogen and oxygen atoms in total. The molecule has 27 heavy (non-hydrogen) atoms. The first-order valence-corrected chi connectivity index (χ1v) is 9.18. The molecular weight excluding hydrogens is 350 g/mol. The van der Waals surface area contributed by atoms with Gasteiger partial charge in [0.2, 0.25) is 5.91 Å². The van der Waals surface area contributed by atoms with Crippen molar-refractivity contribution >= 4 is 18.0 Å². The van der Waals surface area contributed by atoms with Gasteiger partial charge in [0, 0.05) is 13.0 Å². The van der Waals surface area contributed by atoms with Crippen LogP contribution in [0.25, 0.3) is 0 Å². The molecule has 0 spiro atoms. The van der Waals surface area contributed by atoms with Gasteiger partial charge in [-0.05, 0) is 31.4 Å². The van der Waals surface area contributed by atoms with Crippen molar-refractivity contribution in [3.63, 3.8) is 0 Å². The fraction of sp³-hybridized carbons (Fsp3) is 0.526. The Morgan fingerprint density at radius 2 is 1.70 bits per heavy atom. The molecule has 0 aromatic heterocycles. The van der Waals surface area contributed by atoms with E-state index in [-0.39, 0.29) is 19.4 Å². The molecular formula is C19H29N3O5. The van der Waals surface area contributed by atoms with Crippen LogP contribution >= 0.6 is 0 Å². The zero-order chi connectivity index (χ0) is 19.9. The Morgan fingerprint density at radius 3 is 2.33 bits per heavy atom. The fourth-order valence-electron chi connectivity index (χ4n) is 2.44. The molecule has 0 aliphatic rings. The van der Waals surface area contributed by atoms with Crippen LogP contribution in [-0.4, -0.2) is 42.2 Å². The largest absolute Gasteiger partial charge is 0.480 e. The number of benzene rings is 1. The van der Waals surface area contributed by atoms with Gasteiger partial charge in [-0.15, -0.1) is 0 Å². The van der Waals surface area contributed by atoms with E-state index in [1.807, 2.05) is 30.3 Å². The van der Waals surface area contributed by atoms with Crippen LogP contribution in [-0.2, 0) is 20.9 Å². The van der Waals surface area contributed by atoms with Gasteiger partial charge in [0.15, 0.2) is 0 Å². The summed E-state index contributed by atoms with van der Waals surface area (Å²) in [7, 11) is 0. The molecule has 1 aromatic rings. The molecule has 8 heteroatoms. The molecule has 0 radical (unpaired) electrons. The number of carbonyl (C=O) groups excluding carboxylic acids is 2. The second-order valence-electron chi connectivity index (χ2n) is 6.25. The van der Waals surface area contributed by atoms with Gasteiger partial charge in [-0.2, -0.15) is 0 Å². The summed E-state index contributed by atoms with van der Waals surface area (Å²) in [5, 5.41) is 14.7. The molecule has 5 N–H and O–H groups in total. The molecule has 150 valence electrons. The molecule has 2 amide bonds. The lowest BCUT2D eigenvalue weighted by molar-refractivity contribution is -0.139. The van der Waals surface area contributed by atoms with E-state index >= 15 is 0 Å². The summed E-state index contributed by atoms with van der Waals surface area (Å²) in [5.41, 5.74) is 5.98. The Labute approximate surface area is 159 Å². The Bertz CT molecular complexity index is 580. The lowest BCUT2D eigenvalue weighted by Gasteiger charge is -2.13. The van der Waals surface area contributed by atoms with Gasteiger partial charge >= 0.3 is 12.1 Å². The highest BCUT2D eigenvalue weighted by atomic mass is 16.5. The minimum absolute atomic E-state index is 0.0516. The number of amides is 2. The van der Waals surface area contributed by atoms with Crippen molar-refractivity contribution in [2.75, 3.05) is 13.1 Å². The number of carbonyl (C=O) groups is 3. The van der Waals surface area contributed by atoms with Crippen LogP contribution in [0.2, 0.25) is 0 Å². The highest BCUT2D eigenvalue weighted by molar-refractivity contribution is 5.77. The van der Waals surface area contributed by atoms with Crippen molar-refractivity contribution in [3.8, 4) is 0 Å². The summed E-state index contributed by atoms with van der Waals surface area (Å²) in [6.45, 7) is 1.35. The first kappa shape index (κ1) is 22.4. The molecule has 0 heterocycles. The first-order valence-electron chi connectivity index (χ1n) is 9.18. The summed E-state index contributed by atoms with van der Waals surface area (Å²) in [6.07, 6.45) is 3.29. The number of aliphatic carboxylic acids is 1. The van der Waals surface area contributed by atoms with Crippen LogP contribution in [0, 0.1) is 0 Å². The molecule has 0 saturated heterocycles. The van der Waals surface area contributed by atoms with Crippen molar-refractivity contribution < 1.29 is 24.2 Å². The number of rotatable bonds is 14. The maximum Gasteiger partial charge on any atom is 0.407 e. The third kappa shape index (κ3) is 11.6. The number of hydrogen-bond acceptors (Lipinski definition) is 5.